The van der Waals surface area contributed by atoms with Crippen molar-refractivity contribution in [3.05, 3.63) is 28.2 Å². The summed E-state index contributed by atoms with van der Waals surface area (Å²) in [4.78, 5) is 21.6. The number of phenols is 1. The molecule has 1 aromatic carbocycles. The van der Waals surface area contributed by atoms with E-state index >= 15 is 0 Å². The van der Waals surface area contributed by atoms with Crippen molar-refractivity contribution in [2.45, 2.75) is 18.6 Å². The number of aromatic hydroxyl groups is 1. The summed E-state index contributed by atoms with van der Waals surface area (Å²) in [5.74, 6) is -4.01. The van der Waals surface area contributed by atoms with E-state index in [0.29, 0.717) is 5.56 Å². The zero-order valence-electron chi connectivity index (χ0n) is 9.74. The summed E-state index contributed by atoms with van der Waals surface area (Å²) in [7, 11) is 0. The molecule has 0 radical (unpaired) electrons. The lowest BCUT2D eigenvalue weighted by Crippen LogP contribution is -2.47. The van der Waals surface area contributed by atoms with E-state index in [1.54, 1.807) is 0 Å². The highest BCUT2D eigenvalue weighted by molar-refractivity contribution is 9.10. The number of hydrogen-bond acceptors (Lipinski definition) is 3. The standard InChI is InChI=1S/C11H9BrF3NO4/c12-6-3-5(1-2-8(6)17)4-7(9(18)19)16-10(20)11(13,14)15/h1-3,7,17H,4H2,(H,16,20)(H,18,19)/t7-/m0/s1. The highest BCUT2D eigenvalue weighted by atomic mass is 79.9. The monoisotopic (exact) mass is 355 g/mol. The average Bonchev–Trinajstić information content (AvgIpc) is 2.31. The van der Waals surface area contributed by atoms with E-state index in [1.807, 2.05) is 0 Å². The van der Waals surface area contributed by atoms with Gasteiger partial charge < -0.3 is 15.5 Å². The number of halogens is 4. The number of alkyl halides is 3. The SMILES string of the molecule is O=C(O)[C@H](Cc1ccc(O)c(Br)c1)NC(=O)C(F)(F)F. The zero-order chi connectivity index (χ0) is 15.5. The molecule has 0 aliphatic carbocycles. The van der Waals surface area contributed by atoms with Crippen molar-refractivity contribution in [1.82, 2.24) is 5.32 Å². The van der Waals surface area contributed by atoms with Crippen LogP contribution in [0.5, 0.6) is 5.75 Å². The summed E-state index contributed by atoms with van der Waals surface area (Å²) in [5.41, 5.74) is 0.338. The molecule has 3 N–H and O–H groups in total. The molecule has 9 heteroatoms. The van der Waals surface area contributed by atoms with Gasteiger partial charge in [0.25, 0.3) is 0 Å². The number of phenolic OH excluding ortho intramolecular Hbond substituents is 1. The van der Waals surface area contributed by atoms with Gasteiger partial charge in [-0.05, 0) is 33.6 Å². The highest BCUT2D eigenvalue weighted by Gasteiger charge is 2.40. The fourth-order valence-electron chi connectivity index (χ4n) is 1.35. The predicted octanol–water partition coefficient (Wildman–Crippen LogP) is 1.83. The van der Waals surface area contributed by atoms with Crippen molar-refractivity contribution in [1.29, 1.82) is 0 Å². The van der Waals surface area contributed by atoms with Crippen molar-refractivity contribution >= 4 is 27.8 Å². The highest BCUT2D eigenvalue weighted by Crippen LogP contribution is 2.25. The predicted molar refractivity (Wildman–Crippen MR) is 65.1 cm³/mol. The topological polar surface area (TPSA) is 86.6 Å². The van der Waals surface area contributed by atoms with Gasteiger partial charge in [-0.25, -0.2) is 4.79 Å². The molecule has 5 nitrogen and oxygen atoms in total. The van der Waals surface area contributed by atoms with Gasteiger partial charge >= 0.3 is 18.1 Å². The number of rotatable bonds is 4. The Morgan fingerprint density at radius 1 is 1.35 bits per heavy atom. The second-order valence-corrected chi connectivity index (χ2v) is 4.71. The Bertz CT molecular complexity index is 533. The maximum Gasteiger partial charge on any atom is 0.471 e. The van der Waals surface area contributed by atoms with Crippen LogP contribution in [0.25, 0.3) is 0 Å². The van der Waals surface area contributed by atoms with Crippen LogP contribution in [0, 0.1) is 0 Å². The Morgan fingerprint density at radius 3 is 2.40 bits per heavy atom. The Hall–Kier alpha value is -1.77. The fourth-order valence-corrected chi connectivity index (χ4v) is 1.78. The van der Waals surface area contributed by atoms with Crippen LogP contribution in [0.4, 0.5) is 13.2 Å². The van der Waals surface area contributed by atoms with Crippen LogP contribution in [0.1, 0.15) is 5.56 Å². The molecule has 1 aromatic rings. The van der Waals surface area contributed by atoms with Gasteiger partial charge in [-0.15, -0.1) is 0 Å². The molecule has 0 saturated heterocycles. The lowest BCUT2D eigenvalue weighted by atomic mass is 10.1. The average molecular weight is 356 g/mol. The van der Waals surface area contributed by atoms with E-state index in [2.05, 4.69) is 15.9 Å². The number of hydrogen-bond donors (Lipinski definition) is 3. The summed E-state index contributed by atoms with van der Waals surface area (Å²) in [6, 6.07) is 2.23. The molecular weight excluding hydrogens is 347 g/mol. The summed E-state index contributed by atoms with van der Waals surface area (Å²) in [6.07, 6.45) is -5.50. The molecule has 0 aromatic heterocycles. The lowest BCUT2D eigenvalue weighted by Gasteiger charge is -2.16. The van der Waals surface area contributed by atoms with Crippen molar-refractivity contribution in [2.24, 2.45) is 0 Å². The van der Waals surface area contributed by atoms with E-state index in [-0.39, 0.29) is 16.6 Å². The Kier molecular flexibility index (Phi) is 4.98. The quantitative estimate of drug-likeness (QED) is 0.768. The second kappa shape index (κ2) is 6.12. The van der Waals surface area contributed by atoms with Crippen LogP contribution < -0.4 is 5.32 Å². The van der Waals surface area contributed by atoms with Gasteiger partial charge in [-0.3, -0.25) is 4.79 Å². The third-order valence-corrected chi connectivity index (χ3v) is 2.95. The largest absolute Gasteiger partial charge is 0.507 e. The van der Waals surface area contributed by atoms with Gasteiger partial charge in [0.1, 0.15) is 11.8 Å². The number of carboxylic acids is 1. The second-order valence-electron chi connectivity index (χ2n) is 3.85. The maximum atomic E-state index is 12.1. The van der Waals surface area contributed by atoms with Crippen molar-refractivity contribution < 1.29 is 33.0 Å². The minimum Gasteiger partial charge on any atom is -0.507 e. The molecule has 1 rings (SSSR count). The number of carbonyl (C=O) groups is 2. The molecule has 0 unspecified atom stereocenters. The molecule has 0 fully saturated rings. The third kappa shape index (κ3) is 4.41. The van der Waals surface area contributed by atoms with Gasteiger partial charge in [-0.2, -0.15) is 13.2 Å². The Morgan fingerprint density at radius 2 is 1.95 bits per heavy atom. The summed E-state index contributed by atoms with van der Waals surface area (Å²) in [5, 5.41) is 19.5. The van der Waals surface area contributed by atoms with E-state index < -0.39 is 24.1 Å². The van der Waals surface area contributed by atoms with Crippen LogP contribution in [0.3, 0.4) is 0 Å². The first-order valence-corrected chi connectivity index (χ1v) is 5.98. The molecule has 20 heavy (non-hydrogen) atoms. The van der Waals surface area contributed by atoms with Crippen molar-refractivity contribution in [3.63, 3.8) is 0 Å². The lowest BCUT2D eigenvalue weighted by molar-refractivity contribution is -0.175. The van der Waals surface area contributed by atoms with E-state index in [1.165, 1.54) is 23.5 Å². The normalized spacial score (nSPS) is 12.8. The number of benzene rings is 1. The minimum atomic E-state index is -5.15. The molecular formula is C11H9BrF3NO4. The van der Waals surface area contributed by atoms with E-state index in [4.69, 9.17) is 5.11 Å². The van der Waals surface area contributed by atoms with Gasteiger partial charge in [-0.1, -0.05) is 6.07 Å². The summed E-state index contributed by atoms with van der Waals surface area (Å²) >= 11 is 2.99. The van der Waals surface area contributed by atoms with Gasteiger partial charge in [0, 0.05) is 6.42 Å². The molecule has 1 atom stereocenters. The molecule has 0 aliphatic rings. The maximum absolute atomic E-state index is 12.1. The number of carboxylic acid groups (broad SMARTS) is 1. The number of aliphatic carboxylic acids is 1. The fraction of sp³-hybridized carbons (Fsp3) is 0.273. The van der Waals surface area contributed by atoms with Crippen molar-refractivity contribution in [2.75, 3.05) is 0 Å². The first-order chi connectivity index (χ1) is 9.11. The summed E-state index contributed by atoms with van der Waals surface area (Å²) in [6.45, 7) is 0. The van der Waals surface area contributed by atoms with E-state index in [0.717, 1.165) is 0 Å². The van der Waals surface area contributed by atoms with Gasteiger partial charge in [0.15, 0.2) is 0 Å². The van der Waals surface area contributed by atoms with Gasteiger partial charge in [0.05, 0.1) is 4.47 Å². The molecule has 1 amide bonds. The van der Waals surface area contributed by atoms with Crippen LogP contribution in [-0.4, -0.2) is 34.3 Å². The zero-order valence-corrected chi connectivity index (χ0v) is 11.3. The Balaban J connectivity index is 2.85. The number of carbonyl (C=O) groups excluding carboxylic acids is 1. The first kappa shape index (κ1) is 16.3. The van der Waals surface area contributed by atoms with Crippen LogP contribution in [0.2, 0.25) is 0 Å². The molecule has 0 spiro atoms. The van der Waals surface area contributed by atoms with Crippen LogP contribution in [-0.2, 0) is 16.0 Å². The molecule has 0 bridgehead atoms. The molecule has 110 valence electrons. The first-order valence-electron chi connectivity index (χ1n) is 5.19. The van der Waals surface area contributed by atoms with Crippen LogP contribution >= 0.6 is 15.9 Å². The third-order valence-electron chi connectivity index (χ3n) is 2.31. The summed E-state index contributed by atoms with van der Waals surface area (Å²) < 4.78 is 36.5. The number of amides is 1. The Labute approximate surface area is 119 Å². The minimum absolute atomic E-state index is 0.0973. The molecule has 0 saturated carbocycles. The van der Waals surface area contributed by atoms with Crippen LogP contribution in [0.15, 0.2) is 22.7 Å². The van der Waals surface area contributed by atoms with Gasteiger partial charge in [0.2, 0.25) is 0 Å². The molecule has 0 aliphatic heterocycles. The van der Waals surface area contributed by atoms with Crippen molar-refractivity contribution in [3.8, 4) is 5.75 Å². The smallest absolute Gasteiger partial charge is 0.471 e. The molecule has 0 heterocycles. The number of nitrogens with one attached hydrogen (secondary N) is 1. The van der Waals surface area contributed by atoms with E-state index in [9.17, 15) is 27.9 Å².